The average Bonchev–Trinajstić information content (AvgIpc) is 2.63. The van der Waals surface area contributed by atoms with Crippen LogP contribution in [0.2, 0.25) is 0 Å². The Morgan fingerprint density at radius 1 is 1.44 bits per heavy atom. The maximum atomic E-state index is 11.4. The first-order chi connectivity index (χ1) is 8.50. The highest BCUT2D eigenvalue weighted by Gasteiger charge is 2.29. The van der Waals surface area contributed by atoms with Crippen LogP contribution in [0.25, 0.3) is 0 Å². The van der Waals surface area contributed by atoms with Crippen LogP contribution in [0.15, 0.2) is 22.7 Å². The van der Waals surface area contributed by atoms with E-state index in [1.165, 1.54) is 12.1 Å². The van der Waals surface area contributed by atoms with Crippen molar-refractivity contribution < 1.29 is 14.5 Å². The second kappa shape index (κ2) is 4.73. The molecule has 1 aliphatic rings. The monoisotopic (exact) mass is 313 g/mol. The molecule has 1 aromatic carbocycles. The number of urea groups is 1. The van der Waals surface area contributed by atoms with Gasteiger partial charge in [-0.05, 0) is 21.5 Å². The molecule has 1 N–H and O–H groups in total. The topological polar surface area (TPSA) is 92.6 Å². The van der Waals surface area contributed by atoms with Crippen molar-refractivity contribution >= 4 is 33.6 Å². The van der Waals surface area contributed by atoms with Gasteiger partial charge in [-0.1, -0.05) is 12.1 Å². The van der Waals surface area contributed by atoms with Crippen LogP contribution in [-0.2, 0) is 11.3 Å². The largest absolute Gasteiger partial charge is 0.329 e. The first kappa shape index (κ1) is 12.5. The zero-order chi connectivity index (χ0) is 13.3. The number of carbonyl (C=O) groups is 2. The second-order valence-electron chi connectivity index (χ2n) is 3.65. The predicted molar refractivity (Wildman–Crippen MR) is 64.7 cm³/mol. The number of nitro groups is 1. The quantitative estimate of drug-likeness (QED) is 0.518. The lowest BCUT2D eigenvalue weighted by Crippen LogP contribution is -2.30. The summed E-state index contributed by atoms with van der Waals surface area (Å²) in [5, 5.41) is 13.1. The van der Waals surface area contributed by atoms with E-state index >= 15 is 0 Å². The molecular formula is C10H8BrN3O4. The summed E-state index contributed by atoms with van der Waals surface area (Å²) in [6.45, 7) is -0.0295. The maximum absolute atomic E-state index is 11.4. The molecule has 0 bridgehead atoms. The van der Waals surface area contributed by atoms with Gasteiger partial charge in [0.15, 0.2) is 0 Å². The highest BCUT2D eigenvalue weighted by molar-refractivity contribution is 9.10. The molecule has 1 fully saturated rings. The fourth-order valence-electron chi connectivity index (χ4n) is 1.62. The summed E-state index contributed by atoms with van der Waals surface area (Å²) in [5.41, 5.74) is 0.411. The fourth-order valence-corrected chi connectivity index (χ4v) is 2.15. The fraction of sp³-hybridized carbons (Fsp3) is 0.200. The molecule has 2 rings (SSSR count). The Hall–Kier alpha value is -1.96. The summed E-state index contributed by atoms with van der Waals surface area (Å²) in [6.07, 6.45) is 0. The van der Waals surface area contributed by atoms with Gasteiger partial charge in [0.2, 0.25) is 5.91 Å². The number of carbonyl (C=O) groups excluding carboxylic acids is 2. The molecule has 18 heavy (non-hydrogen) atoms. The average molecular weight is 314 g/mol. The van der Waals surface area contributed by atoms with Crippen LogP contribution in [0.4, 0.5) is 10.5 Å². The molecule has 0 atom stereocenters. The molecule has 0 aromatic heterocycles. The van der Waals surface area contributed by atoms with E-state index < -0.39 is 11.0 Å². The van der Waals surface area contributed by atoms with E-state index in [9.17, 15) is 19.7 Å². The minimum absolute atomic E-state index is 0.00687. The van der Waals surface area contributed by atoms with Crippen LogP contribution in [0.1, 0.15) is 5.56 Å². The molecule has 1 saturated heterocycles. The van der Waals surface area contributed by atoms with E-state index in [4.69, 9.17) is 0 Å². The van der Waals surface area contributed by atoms with E-state index in [2.05, 4.69) is 21.2 Å². The summed E-state index contributed by atoms with van der Waals surface area (Å²) >= 11 is 3.12. The van der Waals surface area contributed by atoms with Gasteiger partial charge in [0.05, 0.1) is 18.0 Å². The number of rotatable bonds is 3. The van der Waals surface area contributed by atoms with E-state index in [0.717, 1.165) is 4.90 Å². The Balaban J connectivity index is 2.30. The number of nitrogens with zero attached hydrogens (tertiary/aromatic N) is 2. The van der Waals surface area contributed by atoms with E-state index in [0.29, 0.717) is 5.56 Å². The number of imide groups is 1. The van der Waals surface area contributed by atoms with E-state index in [1.807, 2.05) is 0 Å². The molecule has 1 heterocycles. The first-order valence-corrected chi connectivity index (χ1v) is 5.80. The minimum atomic E-state index is -0.528. The lowest BCUT2D eigenvalue weighted by atomic mass is 10.2. The van der Waals surface area contributed by atoms with Gasteiger partial charge in [0.1, 0.15) is 4.47 Å². The number of hydrogen-bond donors (Lipinski definition) is 1. The lowest BCUT2D eigenvalue weighted by molar-refractivity contribution is -0.385. The van der Waals surface area contributed by atoms with Crippen LogP contribution in [0.3, 0.4) is 0 Å². The van der Waals surface area contributed by atoms with Crippen molar-refractivity contribution in [3.05, 3.63) is 38.3 Å². The Kier molecular flexibility index (Phi) is 3.28. The minimum Gasteiger partial charge on any atom is -0.329 e. The van der Waals surface area contributed by atoms with Gasteiger partial charge in [0, 0.05) is 6.07 Å². The SMILES string of the molecule is O=C1CNC(=O)N1Cc1cccc([N+](=O)[O-])c1Br. The molecule has 1 aromatic rings. The Bertz CT molecular complexity index is 530. The molecule has 0 aliphatic carbocycles. The molecule has 0 unspecified atom stereocenters. The molecule has 0 saturated carbocycles. The van der Waals surface area contributed by atoms with Crippen molar-refractivity contribution in [3.8, 4) is 0 Å². The lowest BCUT2D eigenvalue weighted by Gasteiger charge is -2.13. The van der Waals surface area contributed by atoms with Crippen molar-refractivity contribution in [2.45, 2.75) is 6.54 Å². The van der Waals surface area contributed by atoms with Gasteiger partial charge in [-0.25, -0.2) is 4.79 Å². The van der Waals surface area contributed by atoms with Crippen LogP contribution in [-0.4, -0.2) is 28.3 Å². The number of nitro benzene ring substituents is 1. The van der Waals surface area contributed by atoms with Crippen molar-refractivity contribution in [3.63, 3.8) is 0 Å². The summed E-state index contributed by atoms with van der Waals surface area (Å²) in [5.74, 6) is -0.349. The number of hydrogen-bond acceptors (Lipinski definition) is 4. The zero-order valence-corrected chi connectivity index (χ0v) is 10.6. The van der Waals surface area contributed by atoms with Gasteiger partial charge < -0.3 is 5.32 Å². The van der Waals surface area contributed by atoms with Crippen molar-refractivity contribution in [2.24, 2.45) is 0 Å². The van der Waals surface area contributed by atoms with E-state index in [1.54, 1.807) is 6.07 Å². The Morgan fingerprint density at radius 3 is 2.72 bits per heavy atom. The van der Waals surface area contributed by atoms with Gasteiger partial charge >= 0.3 is 6.03 Å². The van der Waals surface area contributed by atoms with Crippen molar-refractivity contribution in [2.75, 3.05) is 6.54 Å². The standard InChI is InChI=1S/C10H8BrN3O4/c11-9-6(2-1-3-7(9)14(17)18)5-13-8(15)4-12-10(13)16/h1-3H,4-5H2,(H,12,16). The number of nitrogens with one attached hydrogen (secondary N) is 1. The molecule has 0 spiro atoms. The number of amides is 3. The summed E-state index contributed by atoms with van der Waals surface area (Å²) in [7, 11) is 0. The van der Waals surface area contributed by atoms with E-state index in [-0.39, 0.29) is 29.2 Å². The van der Waals surface area contributed by atoms with Crippen LogP contribution >= 0.6 is 15.9 Å². The van der Waals surface area contributed by atoms with Crippen molar-refractivity contribution in [1.82, 2.24) is 10.2 Å². The van der Waals surface area contributed by atoms with Gasteiger partial charge in [-0.3, -0.25) is 19.8 Å². The normalized spacial score (nSPS) is 14.8. The molecular weight excluding hydrogens is 306 g/mol. The third-order valence-corrected chi connectivity index (χ3v) is 3.44. The predicted octanol–water partition coefficient (Wildman–Crippen LogP) is 1.41. The number of halogens is 1. The third kappa shape index (κ3) is 2.19. The first-order valence-electron chi connectivity index (χ1n) is 5.00. The Morgan fingerprint density at radius 2 is 2.17 bits per heavy atom. The molecule has 7 nitrogen and oxygen atoms in total. The van der Waals surface area contributed by atoms with Crippen molar-refractivity contribution in [1.29, 1.82) is 0 Å². The molecule has 1 aliphatic heterocycles. The van der Waals surface area contributed by atoms with Gasteiger partial charge in [0.25, 0.3) is 5.69 Å². The number of benzene rings is 1. The molecule has 94 valence electrons. The highest BCUT2D eigenvalue weighted by atomic mass is 79.9. The van der Waals surface area contributed by atoms with Gasteiger partial charge in [-0.15, -0.1) is 0 Å². The smallest absolute Gasteiger partial charge is 0.324 e. The molecule has 8 heteroatoms. The van der Waals surface area contributed by atoms with Crippen LogP contribution in [0, 0.1) is 10.1 Å². The molecule has 0 radical (unpaired) electrons. The zero-order valence-electron chi connectivity index (χ0n) is 9.05. The summed E-state index contributed by atoms with van der Waals surface area (Å²) in [4.78, 5) is 34.0. The second-order valence-corrected chi connectivity index (χ2v) is 4.44. The maximum Gasteiger partial charge on any atom is 0.324 e. The highest BCUT2D eigenvalue weighted by Crippen LogP contribution is 2.29. The third-order valence-electron chi connectivity index (χ3n) is 2.52. The Labute approximate surface area is 110 Å². The summed E-state index contributed by atoms with van der Waals surface area (Å²) < 4.78 is 0.280. The van der Waals surface area contributed by atoms with Gasteiger partial charge in [-0.2, -0.15) is 0 Å². The van der Waals surface area contributed by atoms with Crippen LogP contribution in [0.5, 0.6) is 0 Å². The molecule has 3 amide bonds. The summed E-state index contributed by atoms with van der Waals surface area (Å²) in [6, 6.07) is 3.99. The van der Waals surface area contributed by atoms with Crippen LogP contribution < -0.4 is 5.32 Å².